The van der Waals surface area contributed by atoms with Crippen molar-refractivity contribution in [3.05, 3.63) is 76.9 Å². The molecule has 2 atom stereocenters. The van der Waals surface area contributed by atoms with Crippen molar-refractivity contribution in [2.45, 2.75) is 56.7 Å². The van der Waals surface area contributed by atoms with Gasteiger partial charge in [0.1, 0.15) is 0 Å². The largest absolute Gasteiger partial charge is 0.381 e. The molecule has 1 unspecified atom stereocenters. The fourth-order valence-electron chi connectivity index (χ4n) is 6.19. The molecule has 1 fully saturated rings. The molecular formula is C27H29N5O2. The topological polar surface area (TPSA) is 88.0 Å². The van der Waals surface area contributed by atoms with Crippen LogP contribution in [-0.2, 0) is 14.9 Å². The summed E-state index contributed by atoms with van der Waals surface area (Å²) in [5.41, 5.74) is 6.29. The standard InChI is InChI=1S/C27H29N5O2/c1-3-27(20-6-4-5-18(14-20)19-7-10-28-17(2)13-19)21-16-29-32-24(21)30-22-15-26(8-11-34-12-9-26)31-25(33)23(22)27/h4-7,10,13-14,16,24,30H,3,8-9,11-12,15H2,1-2H3,(H,31,33)/t24?,27-/m0/s1. The van der Waals surface area contributed by atoms with Crippen molar-refractivity contribution in [2.75, 3.05) is 13.2 Å². The second-order valence-corrected chi connectivity index (χ2v) is 9.76. The summed E-state index contributed by atoms with van der Waals surface area (Å²) in [7, 11) is 0. The van der Waals surface area contributed by atoms with Crippen molar-refractivity contribution >= 4 is 5.91 Å². The van der Waals surface area contributed by atoms with Gasteiger partial charge in [0.15, 0.2) is 6.17 Å². The molecule has 2 N–H and O–H groups in total. The van der Waals surface area contributed by atoms with E-state index in [9.17, 15) is 4.79 Å². The number of hydrogen-bond donors (Lipinski definition) is 2. The van der Waals surface area contributed by atoms with Crippen molar-refractivity contribution < 1.29 is 9.53 Å². The van der Waals surface area contributed by atoms with Gasteiger partial charge in [-0.05, 0) is 61.1 Å². The molecule has 1 spiro atoms. The van der Waals surface area contributed by atoms with Crippen LogP contribution in [0.15, 0.2) is 75.9 Å². The number of aryl methyl sites for hydroxylation is 1. The van der Waals surface area contributed by atoms with E-state index in [1.54, 1.807) is 0 Å². The van der Waals surface area contributed by atoms with Crippen molar-refractivity contribution in [1.82, 2.24) is 15.6 Å². The van der Waals surface area contributed by atoms with Crippen LogP contribution >= 0.6 is 0 Å². The summed E-state index contributed by atoms with van der Waals surface area (Å²) in [6.45, 7) is 5.49. The lowest BCUT2D eigenvalue weighted by Crippen LogP contribution is -2.61. The van der Waals surface area contributed by atoms with Gasteiger partial charge < -0.3 is 15.4 Å². The highest BCUT2D eigenvalue weighted by Gasteiger charge is 2.54. The summed E-state index contributed by atoms with van der Waals surface area (Å²) >= 11 is 0. The van der Waals surface area contributed by atoms with Gasteiger partial charge in [0, 0.05) is 42.8 Å². The van der Waals surface area contributed by atoms with Crippen molar-refractivity contribution in [3.63, 3.8) is 0 Å². The molecule has 7 nitrogen and oxygen atoms in total. The van der Waals surface area contributed by atoms with Gasteiger partial charge in [0.05, 0.1) is 22.7 Å². The predicted molar refractivity (Wildman–Crippen MR) is 129 cm³/mol. The molecule has 7 heteroatoms. The molecule has 0 aliphatic carbocycles. The molecule has 1 saturated heterocycles. The first-order valence-electron chi connectivity index (χ1n) is 12.1. The van der Waals surface area contributed by atoms with Gasteiger partial charge in [-0.2, -0.15) is 10.2 Å². The Morgan fingerprint density at radius 3 is 2.76 bits per heavy atom. The van der Waals surface area contributed by atoms with Gasteiger partial charge >= 0.3 is 0 Å². The Morgan fingerprint density at radius 1 is 1.15 bits per heavy atom. The Hall–Kier alpha value is -3.32. The zero-order valence-corrected chi connectivity index (χ0v) is 19.6. The third-order valence-corrected chi connectivity index (χ3v) is 7.89. The highest BCUT2D eigenvalue weighted by Crippen LogP contribution is 2.52. The molecule has 34 heavy (non-hydrogen) atoms. The smallest absolute Gasteiger partial charge is 0.250 e. The molecule has 174 valence electrons. The molecule has 0 radical (unpaired) electrons. The van der Waals surface area contributed by atoms with Crippen LogP contribution in [0, 0.1) is 6.92 Å². The van der Waals surface area contributed by atoms with Gasteiger partial charge in [0.2, 0.25) is 0 Å². The Kier molecular flexibility index (Phi) is 4.92. The van der Waals surface area contributed by atoms with E-state index in [-0.39, 0.29) is 17.6 Å². The number of carbonyl (C=O) groups is 1. The van der Waals surface area contributed by atoms with Gasteiger partial charge in [-0.25, -0.2) is 0 Å². The van der Waals surface area contributed by atoms with Crippen LogP contribution in [0.2, 0.25) is 0 Å². The first-order chi connectivity index (χ1) is 16.5. The van der Waals surface area contributed by atoms with Crippen LogP contribution in [0.25, 0.3) is 11.1 Å². The van der Waals surface area contributed by atoms with E-state index < -0.39 is 5.41 Å². The molecule has 4 aliphatic rings. The molecule has 4 aliphatic heterocycles. The lowest BCUT2D eigenvalue weighted by Gasteiger charge is -2.50. The first-order valence-corrected chi connectivity index (χ1v) is 12.1. The second-order valence-electron chi connectivity index (χ2n) is 9.76. The van der Waals surface area contributed by atoms with Crippen LogP contribution < -0.4 is 10.6 Å². The highest BCUT2D eigenvalue weighted by atomic mass is 16.5. The summed E-state index contributed by atoms with van der Waals surface area (Å²) in [6, 6.07) is 12.7. The van der Waals surface area contributed by atoms with Gasteiger partial charge in [-0.3, -0.25) is 9.78 Å². The average Bonchev–Trinajstić information content (AvgIpc) is 3.32. The lowest BCUT2D eigenvalue weighted by atomic mass is 9.61. The fraction of sp³-hybridized carbons (Fsp3) is 0.407. The Bertz CT molecular complexity index is 1260. The van der Waals surface area contributed by atoms with E-state index in [0.717, 1.165) is 64.9 Å². The zero-order valence-electron chi connectivity index (χ0n) is 19.6. The number of rotatable bonds is 3. The quantitative estimate of drug-likeness (QED) is 0.722. The minimum atomic E-state index is -0.594. The van der Waals surface area contributed by atoms with Crippen molar-refractivity contribution in [1.29, 1.82) is 0 Å². The monoisotopic (exact) mass is 455 g/mol. The minimum Gasteiger partial charge on any atom is -0.381 e. The van der Waals surface area contributed by atoms with E-state index in [4.69, 9.17) is 4.74 Å². The van der Waals surface area contributed by atoms with Gasteiger partial charge in [0.25, 0.3) is 5.91 Å². The number of aromatic nitrogens is 1. The first kappa shape index (κ1) is 21.2. The highest BCUT2D eigenvalue weighted by molar-refractivity contribution is 6.00. The minimum absolute atomic E-state index is 0.00825. The van der Waals surface area contributed by atoms with Crippen molar-refractivity contribution in [2.24, 2.45) is 10.2 Å². The summed E-state index contributed by atoms with van der Waals surface area (Å²) in [4.78, 5) is 18.2. The van der Waals surface area contributed by atoms with Crippen molar-refractivity contribution in [3.8, 4) is 11.1 Å². The maximum absolute atomic E-state index is 13.9. The van der Waals surface area contributed by atoms with E-state index in [0.29, 0.717) is 13.2 Å². The number of nitrogens with zero attached hydrogens (tertiary/aromatic N) is 3. The van der Waals surface area contributed by atoms with Crippen LogP contribution in [-0.4, -0.2) is 35.8 Å². The van der Waals surface area contributed by atoms with Crippen LogP contribution in [0.3, 0.4) is 0 Å². The maximum Gasteiger partial charge on any atom is 0.250 e. The number of azo groups is 1. The van der Waals surface area contributed by atoms with Crippen LogP contribution in [0.4, 0.5) is 0 Å². The van der Waals surface area contributed by atoms with Gasteiger partial charge in [-0.1, -0.05) is 25.1 Å². The number of benzene rings is 1. The number of fused-ring (bicyclic) bond motifs is 1. The molecule has 5 heterocycles. The van der Waals surface area contributed by atoms with E-state index in [1.807, 2.05) is 25.4 Å². The molecule has 0 saturated carbocycles. The Labute approximate surface area is 199 Å². The van der Waals surface area contributed by atoms with E-state index in [2.05, 4.69) is 63.1 Å². The molecule has 1 aromatic carbocycles. The normalized spacial score (nSPS) is 27.1. The molecule has 1 amide bonds. The van der Waals surface area contributed by atoms with Crippen LogP contribution in [0.1, 0.15) is 43.9 Å². The molecular weight excluding hydrogens is 426 g/mol. The number of ether oxygens (including phenoxy) is 1. The number of hydrogen-bond acceptors (Lipinski definition) is 6. The summed E-state index contributed by atoms with van der Waals surface area (Å²) in [5.74, 6) is 0.00825. The second kappa shape index (κ2) is 7.87. The van der Waals surface area contributed by atoms with E-state index in [1.165, 1.54) is 0 Å². The van der Waals surface area contributed by atoms with E-state index >= 15 is 0 Å². The zero-order chi connectivity index (χ0) is 23.3. The third kappa shape index (κ3) is 3.14. The predicted octanol–water partition coefficient (Wildman–Crippen LogP) is 4.31. The SMILES string of the molecule is CC[C@]1(c2cccc(-c3ccnc(C)c3)c2)C2=CN=NC2NC2=C1C(=O)NC1(CCOCC1)C2. The summed E-state index contributed by atoms with van der Waals surface area (Å²) in [5, 5.41) is 15.8. The molecule has 6 rings (SSSR count). The number of pyridine rings is 1. The fourth-order valence-corrected chi connectivity index (χ4v) is 6.19. The number of nitrogens with one attached hydrogen (secondary N) is 2. The Morgan fingerprint density at radius 2 is 1.97 bits per heavy atom. The Balaban J connectivity index is 1.52. The maximum atomic E-state index is 13.9. The number of amides is 1. The summed E-state index contributed by atoms with van der Waals surface area (Å²) in [6.07, 6.45) is 6.59. The third-order valence-electron chi connectivity index (χ3n) is 7.89. The van der Waals surface area contributed by atoms with Crippen LogP contribution in [0.5, 0.6) is 0 Å². The average molecular weight is 456 g/mol. The lowest BCUT2D eigenvalue weighted by molar-refractivity contribution is -0.122. The number of carbonyl (C=O) groups excluding carboxylic acids is 1. The molecule has 0 bridgehead atoms. The summed E-state index contributed by atoms with van der Waals surface area (Å²) < 4.78 is 5.60. The molecule has 1 aromatic heterocycles. The van der Waals surface area contributed by atoms with Gasteiger partial charge in [-0.15, -0.1) is 0 Å². The molecule has 2 aromatic rings.